The maximum absolute atomic E-state index is 16.1. The van der Waals surface area contributed by atoms with E-state index < -0.39 is 30.1 Å². The molecular weight excluding hydrogens is 711 g/mol. The number of amidine groups is 1. The van der Waals surface area contributed by atoms with Crippen LogP contribution in [0.5, 0.6) is 11.5 Å². The fourth-order valence-electron chi connectivity index (χ4n) is 4.36. The number of halogens is 7. The highest BCUT2D eigenvalue weighted by atomic mass is 19.4. The topological polar surface area (TPSA) is 184 Å². The SMILES string of the molecule is CCOc1cc(O[C@@H]2CCOC2)c(F)c(N(Cc2nc(-c3ccccc3)c[nH]2)c2ccc(C(=N)N)cc2)c1.O=C(O)C(F)(F)F.O=C(O)C(F)(F)F. The standard InChI is InChI=1S/C29H30FN5O3.2C2HF3O2/c1-2-37-23-14-25(28(30)26(15-23)38-22-12-13-36-18-22)35(21-10-8-20(9-11-21)29(31)32)17-27-33-16-24(34-27)19-6-4-3-5-7-19;2*3-2(4,5)1(6)7/h3-11,14-16,22H,2,12-13,17-18H2,1H3,(H3,31,32)(H,33,34);2*(H,6,7)/t22-;;/m1../s1. The van der Waals surface area contributed by atoms with E-state index in [4.69, 9.17) is 50.1 Å². The van der Waals surface area contributed by atoms with E-state index in [9.17, 15) is 26.3 Å². The molecule has 0 bridgehead atoms. The second kappa shape index (κ2) is 17.9. The molecule has 0 unspecified atom stereocenters. The molecule has 52 heavy (non-hydrogen) atoms. The molecule has 4 aromatic rings. The molecule has 1 fully saturated rings. The van der Waals surface area contributed by atoms with Gasteiger partial charge in [-0.1, -0.05) is 30.3 Å². The Bertz CT molecular complexity index is 1770. The molecule has 0 spiro atoms. The highest BCUT2D eigenvalue weighted by molar-refractivity contribution is 5.95. The predicted octanol–water partition coefficient (Wildman–Crippen LogP) is 6.67. The minimum absolute atomic E-state index is 0.0411. The molecule has 5 rings (SSSR count). The van der Waals surface area contributed by atoms with E-state index in [2.05, 4.69) is 4.98 Å². The van der Waals surface area contributed by atoms with Crippen LogP contribution >= 0.6 is 0 Å². The van der Waals surface area contributed by atoms with Crippen molar-refractivity contribution in [3.63, 3.8) is 0 Å². The fraction of sp³-hybridized carbons (Fsp3) is 0.273. The van der Waals surface area contributed by atoms with Gasteiger partial charge < -0.3 is 40.0 Å². The largest absolute Gasteiger partial charge is 0.494 e. The molecule has 0 amide bonds. The van der Waals surface area contributed by atoms with Gasteiger partial charge in [-0.2, -0.15) is 26.3 Å². The number of nitrogens with two attached hydrogens (primary N) is 1. The number of carbonyl (C=O) groups is 2. The van der Waals surface area contributed by atoms with E-state index in [0.29, 0.717) is 49.1 Å². The third kappa shape index (κ3) is 11.9. The number of benzene rings is 3. The maximum atomic E-state index is 16.1. The van der Waals surface area contributed by atoms with Crippen molar-refractivity contribution < 1.29 is 64.7 Å². The summed E-state index contributed by atoms with van der Waals surface area (Å²) in [5, 5.41) is 22.0. The predicted molar refractivity (Wildman–Crippen MR) is 172 cm³/mol. The Morgan fingerprint density at radius 2 is 1.62 bits per heavy atom. The van der Waals surface area contributed by atoms with Crippen LogP contribution in [-0.2, 0) is 20.9 Å². The minimum atomic E-state index is -5.08. The number of anilines is 2. The van der Waals surface area contributed by atoms with Crippen molar-refractivity contribution in [2.45, 2.75) is 38.3 Å². The molecule has 0 aliphatic carbocycles. The summed E-state index contributed by atoms with van der Waals surface area (Å²) in [5.41, 5.74) is 8.97. The molecule has 280 valence electrons. The van der Waals surface area contributed by atoms with Gasteiger partial charge in [0.25, 0.3) is 0 Å². The maximum Gasteiger partial charge on any atom is 0.490 e. The molecule has 2 heterocycles. The first kappa shape index (κ1) is 40.6. The van der Waals surface area contributed by atoms with E-state index in [1.54, 1.807) is 41.3 Å². The molecule has 12 nitrogen and oxygen atoms in total. The molecule has 1 atom stereocenters. The number of carboxylic acids is 2. The first-order valence-electron chi connectivity index (χ1n) is 15.0. The summed E-state index contributed by atoms with van der Waals surface area (Å²) in [7, 11) is 0. The lowest BCUT2D eigenvalue weighted by atomic mass is 10.1. The number of imidazole rings is 1. The summed E-state index contributed by atoms with van der Waals surface area (Å²) >= 11 is 0. The third-order valence-corrected chi connectivity index (χ3v) is 6.76. The number of rotatable bonds is 10. The normalized spacial score (nSPS) is 13.9. The van der Waals surface area contributed by atoms with Crippen LogP contribution in [-0.4, -0.2) is 76.2 Å². The minimum Gasteiger partial charge on any atom is -0.494 e. The zero-order valence-corrected chi connectivity index (χ0v) is 27.1. The van der Waals surface area contributed by atoms with Crippen LogP contribution in [0.4, 0.5) is 42.1 Å². The smallest absolute Gasteiger partial charge is 0.490 e. The monoisotopic (exact) mass is 743 g/mol. The van der Waals surface area contributed by atoms with Gasteiger partial charge in [-0.05, 0) is 31.2 Å². The van der Waals surface area contributed by atoms with E-state index in [1.807, 2.05) is 43.5 Å². The number of nitrogens with one attached hydrogen (secondary N) is 2. The lowest BCUT2D eigenvalue weighted by molar-refractivity contribution is -0.193. The van der Waals surface area contributed by atoms with Gasteiger partial charge in [0.05, 0.1) is 37.7 Å². The second-order valence-corrected chi connectivity index (χ2v) is 10.5. The summed E-state index contributed by atoms with van der Waals surface area (Å²) in [5.74, 6) is -4.82. The van der Waals surface area contributed by atoms with Gasteiger partial charge in [0.15, 0.2) is 11.6 Å². The first-order chi connectivity index (χ1) is 24.4. The van der Waals surface area contributed by atoms with Crippen LogP contribution in [0.3, 0.4) is 0 Å². The van der Waals surface area contributed by atoms with Crippen molar-refractivity contribution in [2.24, 2.45) is 5.73 Å². The molecule has 0 saturated carbocycles. The van der Waals surface area contributed by atoms with E-state index in [-0.39, 0.29) is 29.9 Å². The molecule has 0 radical (unpaired) electrons. The Kier molecular flexibility index (Phi) is 14.0. The number of nitrogens with zero attached hydrogens (tertiary/aromatic N) is 2. The molecule has 1 aliphatic heterocycles. The van der Waals surface area contributed by atoms with Crippen molar-refractivity contribution >= 4 is 29.1 Å². The quantitative estimate of drug-likeness (QED) is 0.0668. The molecular formula is C33H32F7N5O7. The molecule has 1 aromatic heterocycles. The molecule has 3 aromatic carbocycles. The Labute approximate surface area is 291 Å². The van der Waals surface area contributed by atoms with E-state index in [1.165, 1.54) is 0 Å². The van der Waals surface area contributed by atoms with Crippen LogP contribution in [0, 0.1) is 11.2 Å². The van der Waals surface area contributed by atoms with Crippen molar-refractivity contribution in [3.8, 4) is 22.8 Å². The number of hydrogen-bond acceptors (Lipinski definition) is 8. The van der Waals surface area contributed by atoms with Crippen LogP contribution in [0.2, 0.25) is 0 Å². The number of hydrogen-bond donors (Lipinski definition) is 5. The molecule has 1 saturated heterocycles. The van der Waals surface area contributed by atoms with Gasteiger partial charge in [-0.3, -0.25) is 5.41 Å². The van der Waals surface area contributed by atoms with E-state index >= 15 is 4.39 Å². The number of carboxylic acid groups (broad SMARTS) is 2. The number of aliphatic carboxylic acids is 2. The summed E-state index contributed by atoms with van der Waals surface area (Å²) in [6.07, 6.45) is -7.86. The molecule has 19 heteroatoms. The average molecular weight is 744 g/mol. The number of alkyl halides is 6. The van der Waals surface area contributed by atoms with Gasteiger partial charge in [0.1, 0.15) is 23.5 Å². The number of aromatic nitrogens is 2. The van der Waals surface area contributed by atoms with Gasteiger partial charge in [0.2, 0.25) is 0 Å². The van der Waals surface area contributed by atoms with E-state index in [0.717, 1.165) is 11.3 Å². The van der Waals surface area contributed by atoms with Crippen LogP contribution in [0.25, 0.3) is 11.3 Å². The fourth-order valence-corrected chi connectivity index (χ4v) is 4.36. The zero-order valence-electron chi connectivity index (χ0n) is 27.1. The summed E-state index contributed by atoms with van der Waals surface area (Å²) < 4.78 is 96.8. The van der Waals surface area contributed by atoms with Crippen LogP contribution in [0.1, 0.15) is 24.7 Å². The highest BCUT2D eigenvalue weighted by Gasteiger charge is 2.39. The van der Waals surface area contributed by atoms with Crippen molar-refractivity contribution in [1.29, 1.82) is 5.41 Å². The van der Waals surface area contributed by atoms with Crippen molar-refractivity contribution in [3.05, 3.63) is 90.1 Å². The highest BCUT2D eigenvalue weighted by Crippen LogP contribution is 2.39. The van der Waals surface area contributed by atoms with Gasteiger partial charge in [-0.25, -0.2) is 19.0 Å². The first-order valence-corrected chi connectivity index (χ1v) is 15.0. The molecule has 6 N–H and O–H groups in total. The lowest BCUT2D eigenvalue weighted by Crippen LogP contribution is -2.21. The number of aromatic amines is 1. The van der Waals surface area contributed by atoms with Crippen LogP contribution < -0.4 is 20.1 Å². The Balaban J connectivity index is 0.000000441. The number of H-pyrrole nitrogens is 1. The number of ether oxygens (including phenoxy) is 3. The Morgan fingerprint density at radius 1 is 1.02 bits per heavy atom. The third-order valence-electron chi connectivity index (χ3n) is 6.76. The van der Waals surface area contributed by atoms with Crippen LogP contribution in [0.15, 0.2) is 72.9 Å². The molecule has 1 aliphatic rings. The lowest BCUT2D eigenvalue weighted by Gasteiger charge is -2.27. The van der Waals surface area contributed by atoms with Gasteiger partial charge in [-0.15, -0.1) is 0 Å². The average Bonchev–Trinajstić information content (AvgIpc) is 3.78. The van der Waals surface area contributed by atoms with Gasteiger partial charge >= 0.3 is 24.3 Å². The zero-order chi connectivity index (χ0) is 38.6. The van der Waals surface area contributed by atoms with Gasteiger partial charge in [0, 0.05) is 41.6 Å². The second-order valence-electron chi connectivity index (χ2n) is 10.5. The van der Waals surface area contributed by atoms with Crippen molar-refractivity contribution in [1.82, 2.24) is 9.97 Å². The Hall–Kier alpha value is -5.85. The Morgan fingerprint density at radius 3 is 2.12 bits per heavy atom. The summed E-state index contributed by atoms with van der Waals surface area (Å²) in [4.78, 5) is 27.6. The summed E-state index contributed by atoms with van der Waals surface area (Å²) in [6, 6.07) is 20.2. The summed E-state index contributed by atoms with van der Waals surface area (Å²) in [6.45, 7) is 3.54. The van der Waals surface area contributed by atoms with Crippen molar-refractivity contribution in [2.75, 3.05) is 24.7 Å². The number of nitrogen functional groups attached to an aromatic ring is 1.